The predicted octanol–water partition coefficient (Wildman–Crippen LogP) is 1.33. The van der Waals surface area contributed by atoms with Crippen molar-refractivity contribution in [3.05, 3.63) is 0 Å². The molecule has 7 heteroatoms. The van der Waals surface area contributed by atoms with Crippen LogP contribution in [0.15, 0.2) is 0 Å². The second-order valence-electron chi connectivity index (χ2n) is 6.00. The molecule has 1 rings (SSSR count). The lowest BCUT2D eigenvalue weighted by atomic mass is 10.1. The zero-order valence-corrected chi connectivity index (χ0v) is 13.6. The lowest BCUT2D eigenvalue weighted by Gasteiger charge is -2.26. The Kier molecular flexibility index (Phi) is 7.14. The number of carboxylic acid groups (broad SMARTS) is 1. The molecule has 0 spiro atoms. The van der Waals surface area contributed by atoms with E-state index >= 15 is 0 Å². The molecule has 2 atom stereocenters. The van der Waals surface area contributed by atoms with E-state index in [2.05, 4.69) is 10.6 Å². The number of hydrogen-bond acceptors (Lipinski definition) is 3. The number of carboxylic acids is 1. The van der Waals surface area contributed by atoms with Crippen molar-refractivity contribution < 1.29 is 19.5 Å². The third-order valence-electron chi connectivity index (χ3n) is 3.69. The van der Waals surface area contributed by atoms with Gasteiger partial charge in [-0.2, -0.15) is 0 Å². The Bertz CT molecular complexity index is 412. The van der Waals surface area contributed by atoms with Crippen LogP contribution < -0.4 is 10.6 Å². The molecule has 126 valence electrons. The second-order valence-corrected chi connectivity index (χ2v) is 6.00. The molecule has 1 unspecified atom stereocenters. The van der Waals surface area contributed by atoms with Gasteiger partial charge in [0, 0.05) is 12.6 Å². The maximum atomic E-state index is 12.3. The number of amides is 3. The molecule has 0 aliphatic carbocycles. The lowest BCUT2D eigenvalue weighted by Crippen LogP contribution is -2.53. The number of rotatable bonds is 7. The number of likely N-dealkylation sites (tertiary alicyclic amines) is 1. The van der Waals surface area contributed by atoms with Gasteiger partial charge in [-0.25, -0.2) is 9.59 Å². The number of nitrogens with zero attached hydrogens (tertiary/aromatic N) is 1. The molecule has 1 aliphatic heterocycles. The van der Waals surface area contributed by atoms with E-state index in [9.17, 15) is 19.5 Å². The Labute approximate surface area is 131 Å². The van der Waals surface area contributed by atoms with Gasteiger partial charge in [-0.1, -0.05) is 19.8 Å². The van der Waals surface area contributed by atoms with Crippen LogP contribution in [0.4, 0.5) is 4.79 Å². The molecule has 3 amide bonds. The van der Waals surface area contributed by atoms with E-state index in [0.717, 1.165) is 19.3 Å². The number of aliphatic carboxylic acids is 1. The molecule has 1 aliphatic rings. The fraction of sp³-hybridized carbons (Fsp3) is 0.800. The monoisotopic (exact) mass is 313 g/mol. The van der Waals surface area contributed by atoms with Crippen LogP contribution in [0.1, 0.15) is 52.9 Å². The molecule has 1 heterocycles. The van der Waals surface area contributed by atoms with Crippen LogP contribution in [0.3, 0.4) is 0 Å². The topological polar surface area (TPSA) is 98.7 Å². The third-order valence-corrected chi connectivity index (χ3v) is 3.69. The summed E-state index contributed by atoms with van der Waals surface area (Å²) >= 11 is 0. The summed E-state index contributed by atoms with van der Waals surface area (Å²) in [5.74, 6) is -1.40. The average Bonchev–Trinajstić information content (AvgIpc) is 2.91. The van der Waals surface area contributed by atoms with Gasteiger partial charge >= 0.3 is 12.0 Å². The molecular formula is C15H27N3O4. The molecule has 0 bridgehead atoms. The first kappa shape index (κ1) is 18.3. The summed E-state index contributed by atoms with van der Waals surface area (Å²) in [5, 5.41) is 14.5. The number of carbonyl (C=O) groups is 3. The number of carbonyl (C=O) groups excluding carboxylic acids is 2. The van der Waals surface area contributed by atoms with E-state index in [4.69, 9.17) is 0 Å². The summed E-state index contributed by atoms with van der Waals surface area (Å²) in [4.78, 5) is 37.1. The van der Waals surface area contributed by atoms with Crippen LogP contribution in [-0.2, 0) is 9.59 Å². The molecule has 7 nitrogen and oxygen atoms in total. The van der Waals surface area contributed by atoms with Gasteiger partial charge in [0.1, 0.15) is 12.1 Å². The minimum atomic E-state index is -1.03. The van der Waals surface area contributed by atoms with Gasteiger partial charge in [0.05, 0.1) is 0 Å². The fourth-order valence-electron chi connectivity index (χ4n) is 2.55. The van der Waals surface area contributed by atoms with Gasteiger partial charge in [0.2, 0.25) is 5.91 Å². The van der Waals surface area contributed by atoms with Gasteiger partial charge in [-0.15, -0.1) is 0 Å². The summed E-state index contributed by atoms with van der Waals surface area (Å²) in [5.41, 5.74) is 0. The SMILES string of the molecule is CCCCC(NC(=O)[C@@H]1CCCN1C(=O)NC(C)C)C(=O)O. The Morgan fingerprint density at radius 1 is 1.27 bits per heavy atom. The highest BCUT2D eigenvalue weighted by atomic mass is 16.4. The number of nitrogens with one attached hydrogen (secondary N) is 2. The summed E-state index contributed by atoms with van der Waals surface area (Å²) in [6.07, 6.45) is 3.32. The van der Waals surface area contributed by atoms with E-state index < -0.39 is 18.1 Å². The molecule has 0 radical (unpaired) electrons. The van der Waals surface area contributed by atoms with Gasteiger partial charge in [-0.05, 0) is 33.1 Å². The third kappa shape index (κ3) is 5.20. The van der Waals surface area contributed by atoms with Gasteiger partial charge in [0.25, 0.3) is 0 Å². The highest BCUT2D eigenvalue weighted by molar-refractivity contribution is 5.90. The van der Waals surface area contributed by atoms with E-state index in [1.165, 1.54) is 4.90 Å². The first-order valence-corrected chi connectivity index (χ1v) is 7.97. The highest BCUT2D eigenvalue weighted by Gasteiger charge is 2.35. The van der Waals surface area contributed by atoms with Crippen molar-refractivity contribution in [2.75, 3.05) is 6.54 Å². The molecule has 3 N–H and O–H groups in total. The van der Waals surface area contributed by atoms with Crippen LogP contribution >= 0.6 is 0 Å². The van der Waals surface area contributed by atoms with Crippen LogP contribution in [0.2, 0.25) is 0 Å². The summed E-state index contributed by atoms with van der Waals surface area (Å²) < 4.78 is 0. The molecule has 1 saturated heterocycles. The molecule has 0 aromatic heterocycles. The lowest BCUT2D eigenvalue weighted by molar-refractivity contribution is -0.142. The highest BCUT2D eigenvalue weighted by Crippen LogP contribution is 2.18. The van der Waals surface area contributed by atoms with Crippen molar-refractivity contribution in [1.82, 2.24) is 15.5 Å². The largest absolute Gasteiger partial charge is 0.480 e. The maximum absolute atomic E-state index is 12.3. The average molecular weight is 313 g/mol. The van der Waals surface area contributed by atoms with Gasteiger partial charge in [-0.3, -0.25) is 4.79 Å². The Balaban J connectivity index is 2.65. The van der Waals surface area contributed by atoms with Crippen molar-refractivity contribution in [2.45, 2.75) is 71.0 Å². The van der Waals surface area contributed by atoms with Crippen molar-refractivity contribution in [3.8, 4) is 0 Å². The van der Waals surface area contributed by atoms with Gasteiger partial charge in [0.15, 0.2) is 0 Å². The molecule has 0 aromatic carbocycles. The van der Waals surface area contributed by atoms with Crippen molar-refractivity contribution in [1.29, 1.82) is 0 Å². The normalized spacial score (nSPS) is 19.1. The molecule has 22 heavy (non-hydrogen) atoms. The summed E-state index contributed by atoms with van der Waals surface area (Å²) in [6.45, 7) is 6.20. The molecule has 1 fully saturated rings. The molecular weight excluding hydrogens is 286 g/mol. The number of unbranched alkanes of at least 4 members (excludes halogenated alkanes) is 1. The molecule has 0 saturated carbocycles. The Morgan fingerprint density at radius 3 is 2.50 bits per heavy atom. The van der Waals surface area contributed by atoms with E-state index in [0.29, 0.717) is 19.4 Å². The van der Waals surface area contributed by atoms with Crippen molar-refractivity contribution in [2.24, 2.45) is 0 Å². The van der Waals surface area contributed by atoms with E-state index in [-0.39, 0.29) is 18.0 Å². The smallest absolute Gasteiger partial charge is 0.326 e. The predicted molar refractivity (Wildman–Crippen MR) is 82.5 cm³/mol. The van der Waals surface area contributed by atoms with E-state index in [1.807, 2.05) is 20.8 Å². The second kappa shape index (κ2) is 8.60. The standard InChI is InChI=1S/C15H27N3O4/c1-4-5-7-11(14(20)21)17-13(19)12-8-6-9-18(12)15(22)16-10(2)3/h10-12H,4-9H2,1-3H3,(H,16,22)(H,17,19)(H,20,21)/t11?,12-/m0/s1. The minimum absolute atomic E-state index is 0.00636. The zero-order chi connectivity index (χ0) is 16.7. The van der Waals surface area contributed by atoms with Crippen molar-refractivity contribution >= 4 is 17.9 Å². The Hall–Kier alpha value is -1.79. The summed E-state index contributed by atoms with van der Waals surface area (Å²) in [7, 11) is 0. The fourth-order valence-corrected chi connectivity index (χ4v) is 2.55. The van der Waals surface area contributed by atoms with Gasteiger partial charge < -0.3 is 20.6 Å². The quantitative estimate of drug-likeness (QED) is 0.660. The maximum Gasteiger partial charge on any atom is 0.326 e. The Morgan fingerprint density at radius 2 is 1.95 bits per heavy atom. The summed E-state index contributed by atoms with van der Waals surface area (Å²) in [6, 6.07) is -1.74. The van der Waals surface area contributed by atoms with Crippen molar-refractivity contribution in [3.63, 3.8) is 0 Å². The zero-order valence-electron chi connectivity index (χ0n) is 13.6. The van der Waals surface area contributed by atoms with E-state index in [1.54, 1.807) is 0 Å². The van der Waals surface area contributed by atoms with Crippen LogP contribution in [0.5, 0.6) is 0 Å². The minimum Gasteiger partial charge on any atom is -0.480 e. The number of hydrogen-bond donors (Lipinski definition) is 3. The van der Waals surface area contributed by atoms with Crippen LogP contribution in [0.25, 0.3) is 0 Å². The van der Waals surface area contributed by atoms with Crippen LogP contribution in [0, 0.1) is 0 Å². The van der Waals surface area contributed by atoms with Crippen LogP contribution in [-0.4, -0.2) is 52.6 Å². The first-order chi connectivity index (χ1) is 10.4. The molecule has 0 aromatic rings. The first-order valence-electron chi connectivity index (χ1n) is 7.97. The number of urea groups is 1.